The van der Waals surface area contributed by atoms with Crippen LogP contribution in [0.25, 0.3) is 17.0 Å². The molecule has 4 heterocycles. The summed E-state index contributed by atoms with van der Waals surface area (Å²) < 4.78 is 11.3. The number of carbonyl (C=O) groups is 2. The van der Waals surface area contributed by atoms with E-state index in [2.05, 4.69) is 15.2 Å². The third-order valence-corrected chi connectivity index (χ3v) is 4.50. The number of nitrogens with zero attached hydrogens (tertiary/aromatic N) is 2. The third kappa shape index (κ3) is 2.71. The van der Waals surface area contributed by atoms with Crippen molar-refractivity contribution < 1.29 is 18.7 Å². The number of imide groups is 1. The minimum absolute atomic E-state index is 0.329. The molecule has 0 atom stereocenters. The predicted molar refractivity (Wildman–Crippen MR) is 86.1 cm³/mol. The van der Waals surface area contributed by atoms with Crippen molar-refractivity contribution in [3.8, 4) is 0 Å². The van der Waals surface area contributed by atoms with E-state index in [1.165, 1.54) is 0 Å². The maximum atomic E-state index is 11.6. The fourth-order valence-electron chi connectivity index (χ4n) is 2.62. The number of furan rings is 1. The summed E-state index contributed by atoms with van der Waals surface area (Å²) in [7, 11) is 0. The summed E-state index contributed by atoms with van der Waals surface area (Å²) in [5, 5.41) is 2.71. The van der Waals surface area contributed by atoms with E-state index in [9.17, 15) is 9.59 Å². The van der Waals surface area contributed by atoms with Gasteiger partial charge >= 0.3 is 0 Å². The number of thioether (sulfide) groups is 1. The number of aromatic nitrogens is 1. The van der Waals surface area contributed by atoms with Crippen molar-refractivity contribution in [3.63, 3.8) is 0 Å². The SMILES string of the molecule is O=C1NC(=O)/C(=C/c2cc3cncc(N4CCOCC4)c3o2)S1. The van der Waals surface area contributed by atoms with E-state index in [0.29, 0.717) is 23.9 Å². The fraction of sp³-hybridized carbons (Fsp3) is 0.267. The van der Waals surface area contributed by atoms with E-state index >= 15 is 0 Å². The fourth-order valence-corrected chi connectivity index (χ4v) is 3.28. The zero-order valence-electron chi connectivity index (χ0n) is 12.1. The third-order valence-electron chi connectivity index (χ3n) is 3.69. The molecule has 0 unspecified atom stereocenters. The second-order valence-corrected chi connectivity index (χ2v) is 6.19. The van der Waals surface area contributed by atoms with Crippen LogP contribution in [0.1, 0.15) is 5.76 Å². The highest BCUT2D eigenvalue weighted by atomic mass is 32.2. The largest absolute Gasteiger partial charge is 0.454 e. The first-order chi connectivity index (χ1) is 11.2. The van der Waals surface area contributed by atoms with Crippen molar-refractivity contribution in [2.45, 2.75) is 0 Å². The molecule has 2 fully saturated rings. The minimum atomic E-state index is -0.396. The van der Waals surface area contributed by atoms with Crippen LogP contribution in [0.5, 0.6) is 0 Å². The normalized spacial score (nSPS) is 20.5. The molecule has 2 aromatic heterocycles. The number of ether oxygens (including phenoxy) is 1. The van der Waals surface area contributed by atoms with Crippen molar-refractivity contribution in [3.05, 3.63) is 29.1 Å². The first-order valence-corrected chi connectivity index (χ1v) is 7.97. The predicted octanol–water partition coefficient (Wildman–Crippen LogP) is 1.99. The molecule has 4 rings (SSSR count). The summed E-state index contributed by atoms with van der Waals surface area (Å²) >= 11 is 0.870. The Kier molecular flexibility index (Phi) is 3.55. The van der Waals surface area contributed by atoms with Crippen molar-refractivity contribution >= 4 is 45.6 Å². The van der Waals surface area contributed by atoms with Crippen LogP contribution in [0.3, 0.4) is 0 Å². The molecule has 7 nitrogen and oxygen atoms in total. The Labute approximate surface area is 135 Å². The summed E-state index contributed by atoms with van der Waals surface area (Å²) in [5.74, 6) is 0.127. The number of hydrogen-bond acceptors (Lipinski definition) is 7. The quantitative estimate of drug-likeness (QED) is 0.842. The number of fused-ring (bicyclic) bond motifs is 1. The molecule has 0 spiro atoms. The Morgan fingerprint density at radius 1 is 1.26 bits per heavy atom. The standard InChI is InChI=1S/C15H13N3O4S/c19-14-12(23-15(20)17-14)6-10-5-9-7-16-8-11(13(9)22-10)18-1-3-21-4-2-18/h5-8H,1-4H2,(H,17,19,20)/b12-6-. The number of hydrogen-bond donors (Lipinski definition) is 1. The van der Waals surface area contributed by atoms with Gasteiger partial charge in [-0.25, -0.2) is 0 Å². The molecule has 2 amide bonds. The van der Waals surface area contributed by atoms with Gasteiger partial charge in [0.2, 0.25) is 0 Å². The Bertz CT molecular complexity index is 823. The van der Waals surface area contributed by atoms with Gasteiger partial charge in [0.1, 0.15) is 5.76 Å². The maximum absolute atomic E-state index is 11.6. The minimum Gasteiger partial charge on any atom is -0.454 e. The van der Waals surface area contributed by atoms with Gasteiger partial charge in [0.15, 0.2) is 5.58 Å². The Hall–Kier alpha value is -2.32. The molecule has 0 saturated carbocycles. The van der Waals surface area contributed by atoms with Crippen LogP contribution < -0.4 is 10.2 Å². The van der Waals surface area contributed by atoms with Crippen molar-refractivity contribution in [1.29, 1.82) is 0 Å². The van der Waals surface area contributed by atoms with Gasteiger partial charge in [0.25, 0.3) is 11.1 Å². The molecule has 1 N–H and O–H groups in total. The lowest BCUT2D eigenvalue weighted by atomic mass is 10.2. The second kappa shape index (κ2) is 5.71. The van der Waals surface area contributed by atoms with Gasteiger partial charge in [-0.1, -0.05) is 0 Å². The number of pyridine rings is 1. The molecular formula is C15H13N3O4S. The molecule has 0 bridgehead atoms. The molecule has 2 aliphatic heterocycles. The number of amides is 2. The van der Waals surface area contributed by atoms with Crippen LogP contribution in [-0.2, 0) is 9.53 Å². The number of carbonyl (C=O) groups excluding carboxylic acids is 2. The first-order valence-electron chi connectivity index (χ1n) is 7.16. The van der Waals surface area contributed by atoms with E-state index < -0.39 is 5.91 Å². The highest BCUT2D eigenvalue weighted by molar-refractivity contribution is 8.18. The maximum Gasteiger partial charge on any atom is 0.290 e. The van der Waals surface area contributed by atoms with E-state index in [-0.39, 0.29) is 5.24 Å². The van der Waals surface area contributed by atoms with Gasteiger partial charge in [0, 0.05) is 30.7 Å². The molecule has 0 aliphatic carbocycles. The van der Waals surface area contributed by atoms with E-state index in [1.54, 1.807) is 18.5 Å². The summed E-state index contributed by atoms with van der Waals surface area (Å²) in [6.07, 6.45) is 5.07. The van der Waals surface area contributed by atoms with Crippen molar-refractivity contribution in [2.24, 2.45) is 0 Å². The highest BCUT2D eigenvalue weighted by Gasteiger charge is 2.26. The first kappa shape index (κ1) is 14.3. The van der Waals surface area contributed by atoms with Gasteiger partial charge in [0.05, 0.1) is 30.0 Å². The van der Waals surface area contributed by atoms with E-state index in [4.69, 9.17) is 9.15 Å². The molecular weight excluding hydrogens is 318 g/mol. The van der Waals surface area contributed by atoms with Crippen LogP contribution in [0, 0.1) is 0 Å². The van der Waals surface area contributed by atoms with Crippen LogP contribution in [0.2, 0.25) is 0 Å². The van der Waals surface area contributed by atoms with Gasteiger partial charge in [-0.2, -0.15) is 0 Å². The van der Waals surface area contributed by atoms with Crippen molar-refractivity contribution in [2.75, 3.05) is 31.2 Å². The van der Waals surface area contributed by atoms with Gasteiger partial charge < -0.3 is 14.1 Å². The zero-order chi connectivity index (χ0) is 15.8. The van der Waals surface area contributed by atoms with E-state index in [1.807, 2.05) is 6.07 Å². The molecule has 118 valence electrons. The Morgan fingerprint density at radius 3 is 2.83 bits per heavy atom. The summed E-state index contributed by atoms with van der Waals surface area (Å²) in [5.41, 5.74) is 1.64. The van der Waals surface area contributed by atoms with Crippen LogP contribution in [0.4, 0.5) is 10.5 Å². The number of anilines is 1. The summed E-state index contributed by atoms with van der Waals surface area (Å²) in [6.45, 7) is 2.91. The number of morpholine rings is 1. The molecule has 2 aromatic rings. The van der Waals surface area contributed by atoms with Gasteiger partial charge in [-0.05, 0) is 17.8 Å². The monoisotopic (exact) mass is 331 g/mol. The molecule has 2 saturated heterocycles. The lowest BCUT2D eigenvalue weighted by Gasteiger charge is -2.28. The zero-order valence-corrected chi connectivity index (χ0v) is 12.9. The molecule has 0 aromatic carbocycles. The van der Waals surface area contributed by atoms with E-state index in [0.717, 1.165) is 41.5 Å². The molecule has 2 aliphatic rings. The van der Waals surface area contributed by atoms with Crippen molar-refractivity contribution in [1.82, 2.24) is 10.3 Å². The lowest BCUT2D eigenvalue weighted by molar-refractivity contribution is -0.115. The second-order valence-electron chi connectivity index (χ2n) is 5.18. The van der Waals surface area contributed by atoms with Crippen LogP contribution in [-0.4, -0.2) is 42.4 Å². The highest BCUT2D eigenvalue weighted by Crippen LogP contribution is 2.32. The summed E-state index contributed by atoms with van der Waals surface area (Å²) in [4.78, 5) is 29.6. The molecule has 8 heteroatoms. The smallest absolute Gasteiger partial charge is 0.290 e. The lowest BCUT2D eigenvalue weighted by Crippen LogP contribution is -2.36. The van der Waals surface area contributed by atoms with Crippen LogP contribution in [0.15, 0.2) is 27.8 Å². The number of nitrogens with one attached hydrogen (secondary N) is 1. The molecule has 23 heavy (non-hydrogen) atoms. The molecule has 0 radical (unpaired) electrons. The number of rotatable bonds is 2. The van der Waals surface area contributed by atoms with Gasteiger partial charge in [-0.15, -0.1) is 0 Å². The van der Waals surface area contributed by atoms with Gasteiger partial charge in [-0.3, -0.25) is 19.9 Å². The van der Waals surface area contributed by atoms with Crippen LogP contribution >= 0.6 is 11.8 Å². The topological polar surface area (TPSA) is 84.7 Å². The summed E-state index contributed by atoms with van der Waals surface area (Å²) in [6, 6.07) is 1.82. The average molecular weight is 331 g/mol. The Balaban J connectivity index is 1.72. The average Bonchev–Trinajstić information content (AvgIpc) is 3.10. The Morgan fingerprint density at radius 2 is 2.09 bits per heavy atom.